The Morgan fingerprint density at radius 2 is 2.18 bits per heavy atom. The number of aliphatic hydroxyl groups excluding tert-OH is 1. The van der Waals surface area contributed by atoms with Crippen molar-refractivity contribution in [3.63, 3.8) is 0 Å². The Labute approximate surface area is 128 Å². The molecule has 1 saturated heterocycles. The highest BCUT2D eigenvalue weighted by atomic mass is 16.4. The Hall–Kier alpha value is -2.18. The number of β-amino-alcohol motifs (C(OH)–C–C–N with tert-alkyl or cyclic N) is 1. The van der Waals surface area contributed by atoms with Crippen LogP contribution >= 0.6 is 0 Å². The molecule has 0 saturated carbocycles. The Kier molecular flexibility index (Phi) is 4.22. The molecule has 116 valence electrons. The first kappa shape index (κ1) is 14.7. The number of hydrogen-bond acceptors (Lipinski definition) is 5. The van der Waals surface area contributed by atoms with E-state index in [1.54, 1.807) is 6.92 Å². The first-order chi connectivity index (χ1) is 10.6. The monoisotopic (exact) mass is 301 g/mol. The SMILES string of the molecule is Cc1nc(-c2ccccc2)oc1C(=O)NCC1CNCC1O. The van der Waals surface area contributed by atoms with Crippen LogP contribution in [0.25, 0.3) is 11.5 Å². The summed E-state index contributed by atoms with van der Waals surface area (Å²) in [5, 5.41) is 15.6. The molecule has 0 bridgehead atoms. The molecule has 0 aliphatic carbocycles. The summed E-state index contributed by atoms with van der Waals surface area (Å²) in [7, 11) is 0. The van der Waals surface area contributed by atoms with Gasteiger partial charge in [-0.1, -0.05) is 18.2 Å². The van der Waals surface area contributed by atoms with Crippen LogP contribution in [0.15, 0.2) is 34.7 Å². The van der Waals surface area contributed by atoms with Crippen LogP contribution in [0.2, 0.25) is 0 Å². The predicted molar refractivity (Wildman–Crippen MR) is 81.4 cm³/mol. The summed E-state index contributed by atoms with van der Waals surface area (Å²) in [6.07, 6.45) is -0.420. The van der Waals surface area contributed by atoms with E-state index in [1.165, 1.54) is 0 Å². The van der Waals surface area contributed by atoms with Crippen molar-refractivity contribution in [2.45, 2.75) is 13.0 Å². The zero-order valence-corrected chi connectivity index (χ0v) is 12.4. The maximum absolute atomic E-state index is 12.2. The van der Waals surface area contributed by atoms with E-state index in [2.05, 4.69) is 15.6 Å². The minimum absolute atomic E-state index is 0.0285. The highest BCUT2D eigenvalue weighted by Gasteiger charge is 2.26. The Bertz CT molecular complexity index is 654. The summed E-state index contributed by atoms with van der Waals surface area (Å²) in [6, 6.07) is 9.46. The van der Waals surface area contributed by atoms with Gasteiger partial charge in [-0.15, -0.1) is 0 Å². The lowest BCUT2D eigenvalue weighted by Gasteiger charge is -2.13. The number of nitrogens with one attached hydrogen (secondary N) is 2. The average molecular weight is 301 g/mol. The number of aryl methyl sites for hydroxylation is 1. The molecule has 22 heavy (non-hydrogen) atoms. The number of aliphatic hydroxyl groups is 1. The van der Waals surface area contributed by atoms with E-state index >= 15 is 0 Å². The lowest BCUT2D eigenvalue weighted by Crippen LogP contribution is -2.34. The Morgan fingerprint density at radius 3 is 2.86 bits per heavy atom. The zero-order valence-electron chi connectivity index (χ0n) is 12.4. The molecule has 6 heteroatoms. The van der Waals surface area contributed by atoms with Crippen LogP contribution in [0.3, 0.4) is 0 Å². The number of carbonyl (C=O) groups excluding carboxylic acids is 1. The number of aromatic nitrogens is 1. The normalized spacial score (nSPS) is 21.0. The lowest BCUT2D eigenvalue weighted by molar-refractivity contribution is 0.0900. The molecule has 2 heterocycles. The first-order valence-electron chi connectivity index (χ1n) is 7.35. The molecule has 1 aliphatic rings. The highest BCUT2D eigenvalue weighted by molar-refractivity contribution is 5.92. The fourth-order valence-electron chi connectivity index (χ4n) is 2.54. The van der Waals surface area contributed by atoms with E-state index in [9.17, 15) is 9.90 Å². The molecule has 0 radical (unpaired) electrons. The highest BCUT2D eigenvalue weighted by Crippen LogP contribution is 2.21. The van der Waals surface area contributed by atoms with E-state index in [0.29, 0.717) is 31.2 Å². The van der Waals surface area contributed by atoms with Gasteiger partial charge < -0.3 is 20.2 Å². The van der Waals surface area contributed by atoms with Crippen LogP contribution in [0.4, 0.5) is 0 Å². The second-order valence-electron chi connectivity index (χ2n) is 5.50. The van der Waals surface area contributed by atoms with Gasteiger partial charge >= 0.3 is 0 Å². The maximum Gasteiger partial charge on any atom is 0.289 e. The van der Waals surface area contributed by atoms with Gasteiger partial charge in [-0.2, -0.15) is 0 Å². The molecule has 3 rings (SSSR count). The molecule has 1 aliphatic heterocycles. The molecule has 2 atom stereocenters. The fourth-order valence-corrected chi connectivity index (χ4v) is 2.54. The summed E-state index contributed by atoms with van der Waals surface area (Å²) in [4.78, 5) is 16.5. The van der Waals surface area contributed by atoms with Crippen LogP contribution in [0.5, 0.6) is 0 Å². The molecular weight excluding hydrogens is 282 g/mol. The summed E-state index contributed by atoms with van der Waals surface area (Å²) >= 11 is 0. The summed E-state index contributed by atoms with van der Waals surface area (Å²) in [5.41, 5.74) is 1.39. The second kappa shape index (κ2) is 6.29. The van der Waals surface area contributed by atoms with Crippen molar-refractivity contribution in [3.8, 4) is 11.5 Å². The third-order valence-corrected chi connectivity index (χ3v) is 3.85. The van der Waals surface area contributed by atoms with Crippen molar-refractivity contribution in [3.05, 3.63) is 41.8 Å². The second-order valence-corrected chi connectivity index (χ2v) is 5.50. The van der Waals surface area contributed by atoms with Gasteiger partial charge in [0.1, 0.15) is 0 Å². The van der Waals surface area contributed by atoms with Crippen molar-refractivity contribution in [2.24, 2.45) is 5.92 Å². The van der Waals surface area contributed by atoms with Crippen LogP contribution < -0.4 is 10.6 Å². The molecular formula is C16H19N3O3. The maximum atomic E-state index is 12.2. The molecule has 2 unspecified atom stereocenters. The summed E-state index contributed by atoms with van der Waals surface area (Å²) in [5.74, 6) is 0.386. The number of amides is 1. The van der Waals surface area contributed by atoms with E-state index in [0.717, 1.165) is 5.56 Å². The number of hydrogen-bond donors (Lipinski definition) is 3. The van der Waals surface area contributed by atoms with Gasteiger partial charge in [-0.3, -0.25) is 4.79 Å². The molecule has 1 aromatic heterocycles. The average Bonchev–Trinajstić information content (AvgIpc) is 3.12. The molecule has 3 N–H and O–H groups in total. The Morgan fingerprint density at radius 1 is 1.41 bits per heavy atom. The van der Waals surface area contributed by atoms with Gasteiger partial charge in [0.25, 0.3) is 5.91 Å². The van der Waals surface area contributed by atoms with Gasteiger partial charge in [0.15, 0.2) is 0 Å². The smallest absolute Gasteiger partial charge is 0.289 e. The van der Waals surface area contributed by atoms with E-state index in [-0.39, 0.29) is 17.6 Å². The van der Waals surface area contributed by atoms with Crippen LogP contribution in [0.1, 0.15) is 16.2 Å². The van der Waals surface area contributed by atoms with Crippen molar-refractivity contribution in [1.29, 1.82) is 0 Å². The quantitative estimate of drug-likeness (QED) is 0.783. The number of nitrogens with zero attached hydrogens (tertiary/aromatic N) is 1. The molecule has 1 fully saturated rings. The molecule has 1 amide bonds. The first-order valence-corrected chi connectivity index (χ1v) is 7.35. The van der Waals surface area contributed by atoms with Gasteiger partial charge in [0.2, 0.25) is 11.7 Å². The number of carbonyl (C=O) groups is 1. The summed E-state index contributed by atoms with van der Waals surface area (Å²) < 4.78 is 5.60. The molecule has 0 spiro atoms. The number of oxazole rings is 1. The minimum Gasteiger partial charge on any atom is -0.431 e. The van der Waals surface area contributed by atoms with Crippen molar-refractivity contribution >= 4 is 5.91 Å². The van der Waals surface area contributed by atoms with Crippen molar-refractivity contribution in [1.82, 2.24) is 15.6 Å². The van der Waals surface area contributed by atoms with Gasteiger partial charge in [0, 0.05) is 31.1 Å². The van der Waals surface area contributed by atoms with Crippen LogP contribution in [-0.2, 0) is 0 Å². The largest absolute Gasteiger partial charge is 0.431 e. The van der Waals surface area contributed by atoms with Gasteiger partial charge in [-0.25, -0.2) is 4.98 Å². The number of rotatable bonds is 4. The van der Waals surface area contributed by atoms with E-state index in [1.807, 2.05) is 30.3 Å². The van der Waals surface area contributed by atoms with Crippen LogP contribution in [-0.4, -0.2) is 41.7 Å². The summed E-state index contributed by atoms with van der Waals surface area (Å²) in [6.45, 7) is 3.43. The van der Waals surface area contributed by atoms with Gasteiger partial charge in [-0.05, 0) is 19.1 Å². The minimum atomic E-state index is -0.420. The third kappa shape index (κ3) is 3.03. The third-order valence-electron chi connectivity index (χ3n) is 3.85. The van der Waals surface area contributed by atoms with E-state index in [4.69, 9.17) is 4.42 Å². The van der Waals surface area contributed by atoms with Crippen molar-refractivity contribution < 1.29 is 14.3 Å². The van der Waals surface area contributed by atoms with E-state index < -0.39 is 6.10 Å². The van der Waals surface area contributed by atoms with Gasteiger partial charge in [0.05, 0.1) is 11.8 Å². The Balaban J connectivity index is 1.69. The number of benzene rings is 1. The molecule has 1 aromatic carbocycles. The predicted octanol–water partition coefficient (Wildman–Crippen LogP) is 0.960. The molecule has 6 nitrogen and oxygen atoms in total. The standard InChI is InChI=1S/C16H19N3O3/c1-10-14(15(21)18-8-12-7-17-9-13(12)20)22-16(19-10)11-5-3-2-4-6-11/h2-6,12-13,17,20H,7-9H2,1H3,(H,18,21). The van der Waals surface area contributed by atoms with Crippen LogP contribution in [0, 0.1) is 12.8 Å². The lowest BCUT2D eigenvalue weighted by atomic mass is 10.1. The molecule has 2 aromatic rings. The van der Waals surface area contributed by atoms with Crippen molar-refractivity contribution in [2.75, 3.05) is 19.6 Å². The fraction of sp³-hybridized carbons (Fsp3) is 0.375. The zero-order chi connectivity index (χ0) is 15.5. The topological polar surface area (TPSA) is 87.4 Å².